The molecule has 4 nitrogen and oxygen atoms in total. The van der Waals surface area contributed by atoms with Crippen LogP contribution in [0.4, 0.5) is 0 Å². The molecule has 1 saturated heterocycles. The highest BCUT2D eigenvalue weighted by Crippen LogP contribution is 2.21. The van der Waals surface area contributed by atoms with Crippen LogP contribution in [0.25, 0.3) is 0 Å². The highest BCUT2D eigenvalue weighted by molar-refractivity contribution is 7.89. The van der Waals surface area contributed by atoms with Gasteiger partial charge in [-0.1, -0.05) is 17.7 Å². The molecule has 2 aromatic rings. The Morgan fingerprint density at radius 3 is 2.48 bits per heavy atom. The van der Waals surface area contributed by atoms with Crippen molar-refractivity contribution in [3.63, 3.8) is 0 Å². The van der Waals surface area contributed by atoms with Crippen molar-refractivity contribution in [2.24, 2.45) is 0 Å². The van der Waals surface area contributed by atoms with E-state index in [0.29, 0.717) is 24.0 Å². The number of hydrogen-bond donors (Lipinski definition) is 1. The Hall–Kier alpha value is -1.21. The smallest absolute Gasteiger partial charge is 0.243 e. The maximum absolute atomic E-state index is 12.7. The first-order chi connectivity index (χ1) is 11.1. The molecule has 0 spiro atoms. The SMILES string of the molecule is Cc1ccc(S(=O)(=O)N2CCC(NCc3ccsc3)CC2)cc1. The average molecular weight is 351 g/mol. The number of thiophene rings is 1. The zero-order valence-corrected chi connectivity index (χ0v) is 14.9. The zero-order chi connectivity index (χ0) is 16.3. The third-order valence-corrected chi connectivity index (χ3v) is 6.93. The van der Waals surface area contributed by atoms with Crippen LogP contribution in [0, 0.1) is 6.92 Å². The molecule has 1 aliphatic heterocycles. The number of nitrogens with zero attached hydrogens (tertiary/aromatic N) is 1. The van der Waals surface area contributed by atoms with Crippen molar-refractivity contribution >= 4 is 21.4 Å². The number of rotatable bonds is 5. The van der Waals surface area contributed by atoms with Crippen molar-refractivity contribution in [1.29, 1.82) is 0 Å². The summed E-state index contributed by atoms with van der Waals surface area (Å²) in [7, 11) is -3.35. The van der Waals surface area contributed by atoms with E-state index >= 15 is 0 Å². The lowest BCUT2D eigenvalue weighted by atomic mass is 10.1. The second-order valence-corrected chi connectivity index (χ2v) is 8.72. The average Bonchev–Trinajstić information content (AvgIpc) is 3.07. The van der Waals surface area contributed by atoms with Gasteiger partial charge in [0.2, 0.25) is 10.0 Å². The van der Waals surface area contributed by atoms with Gasteiger partial charge in [-0.2, -0.15) is 15.6 Å². The number of nitrogens with one attached hydrogen (secondary N) is 1. The number of sulfonamides is 1. The Labute approximate surface area is 142 Å². The molecule has 0 aliphatic carbocycles. The summed E-state index contributed by atoms with van der Waals surface area (Å²) < 4.78 is 26.9. The van der Waals surface area contributed by atoms with Crippen LogP contribution in [0.5, 0.6) is 0 Å². The molecule has 0 unspecified atom stereocenters. The van der Waals surface area contributed by atoms with E-state index in [4.69, 9.17) is 0 Å². The minimum absolute atomic E-state index is 0.388. The fourth-order valence-electron chi connectivity index (χ4n) is 2.82. The Bertz CT molecular complexity index is 716. The van der Waals surface area contributed by atoms with E-state index < -0.39 is 10.0 Å². The largest absolute Gasteiger partial charge is 0.310 e. The minimum Gasteiger partial charge on any atom is -0.310 e. The maximum Gasteiger partial charge on any atom is 0.243 e. The molecule has 3 rings (SSSR count). The molecule has 0 radical (unpaired) electrons. The van der Waals surface area contributed by atoms with Crippen molar-refractivity contribution < 1.29 is 8.42 Å². The van der Waals surface area contributed by atoms with Crippen LogP contribution >= 0.6 is 11.3 Å². The van der Waals surface area contributed by atoms with Gasteiger partial charge in [-0.3, -0.25) is 0 Å². The van der Waals surface area contributed by atoms with Gasteiger partial charge < -0.3 is 5.32 Å². The third kappa shape index (κ3) is 4.01. The standard InChI is InChI=1S/C17H22N2O2S2/c1-14-2-4-17(5-3-14)23(20,21)19-9-6-16(7-10-19)18-12-15-8-11-22-13-15/h2-5,8,11,13,16,18H,6-7,9-10,12H2,1H3. The summed E-state index contributed by atoms with van der Waals surface area (Å²) in [6, 6.07) is 9.61. The summed E-state index contributed by atoms with van der Waals surface area (Å²) in [6.45, 7) is 3.98. The molecular weight excluding hydrogens is 328 g/mol. The molecule has 6 heteroatoms. The van der Waals surface area contributed by atoms with E-state index in [1.54, 1.807) is 27.8 Å². The molecule has 2 heterocycles. The molecule has 1 aliphatic rings. The van der Waals surface area contributed by atoms with Crippen LogP contribution in [-0.2, 0) is 16.6 Å². The Kier molecular flexibility index (Phi) is 5.16. The minimum atomic E-state index is -3.35. The van der Waals surface area contributed by atoms with E-state index in [-0.39, 0.29) is 0 Å². The summed E-state index contributed by atoms with van der Waals surface area (Å²) >= 11 is 1.70. The normalized spacial score (nSPS) is 17.4. The molecule has 124 valence electrons. The summed E-state index contributed by atoms with van der Waals surface area (Å²) in [6.07, 6.45) is 1.71. The van der Waals surface area contributed by atoms with E-state index in [9.17, 15) is 8.42 Å². The third-order valence-electron chi connectivity index (χ3n) is 4.29. The Morgan fingerprint density at radius 1 is 1.17 bits per heavy atom. The molecule has 1 aromatic heterocycles. The van der Waals surface area contributed by atoms with Gasteiger partial charge in [0.15, 0.2) is 0 Å². The molecule has 0 saturated carbocycles. The lowest BCUT2D eigenvalue weighted by Gasteiger charge is -2.31. The summed E-state index contributed by atoms with van der Waals surface area (Å²) in [4.78, 5) is 0.396. The molecule has 0 bridgehead atoms. The molecular formula is C17H22N2O2S2. The second kappa shape index (κ2) is 7.13. The van der Waals surface area contributed by atoms with Crippen LogP contribution in [0.2, 0.25) is 0 Å². The van der Waals surface area contributed by atoms with Gasteiger partial charge in [0.25, 0.3) is 0 Å². The molecule has 23 heavy (non-hydrogen) atoms. The van der Waals surface area contributed by atoms with E-state index in [2.05, 4.69) is 22.1 Å². The molecule has 1 aromatic carbocycles. The zero-order valence-electron chi connectivity index (χ0n) is 13.2. The van der Waals surface area contributed by atoms with Crippen molar-refractivity contribution in [2.45, 2.75) is 37.2 Å². The van der Waals surface area contributed by atoms with Gasteiger partial charge in [0.1, 0.15) is 0 Å². The lowest BCUT2D eigenvalue weighted by Crippen LogP contribution is -2.44. The number of aryl methyl sites for hydroxylation is 1. The van der Waals surface area contributed by atoms with Crippen LogP contribution in [0.15, 0.2) is 46.0 Å². The number of hydrogen-bond acceptors (Lipinski definition) is 4. The van der Waals surface area contributed by atoms with Crippen molar-refractivity contribution in [2.75, 3.05) is 13.1 Å². The second-order valence-electron chi connectivity index (χ2n) is 6.00. The van der Waals surface area contributed by atoms with Crippen LogP contribution in [0.1, 0.15) is 24.0 Å². The topological polar surface area (TPSA) is 49.4 Å². The highest BCUT2D eigenvalue weighted by Gasteiger charge is 2.29. The van der Waals surface area contributed by atoms with Gasteiger partial charge >= 0.3 is 0 Å². The maximum atomic E-state index is 12.7. The quantitative estimate of drug-likeness (QED) is 0.902. The first-order valence-electron chi connectivity index (χ1n) is 7.87. The highest BCUT2D eigenvalue weighted by atomic mass is 32.2. The molecule has 1 fully saturated rings. The van der Waals surface area contributed by atoms with Gasteiger partial charge in [-0.05, 0) is 54.3 Å². The predicted molar refractivity (Wildman–Crippen MR) is 94.1 cm³/mol. The Morgan fingerprint density at radius 2 is 1.87 bits per heavy atom. The van der Waals surface area contributed by atoms with Gasteiger partial charge in [-0.15, -0.1) is 0 Å². The van der Waals surface area contributed by atoms with Gasteiger partial charge in [-0.25, -0.2) is 8.42 Å². The fourth-order valence-corrected chi connectivity index (χ4v) is 4.95. The predicted octanol–water partition coefficient (Wildman–Crippen LogP) is 3.00. The van der Waals surface area contributed by atoms with Crippen LogP contribution in [-0.4, -0.2) is 31.9 Å². The fraction of sp³-hybridized carbons (Fsp3) is 0.412. The first-order valence-corrected chi connectivity index (χ1v) is 10.3. The van der Waals surface area contributed by atoms with Crippen molar-refractivity contribution in [1.82, 2.24) is 9.62 Å². The molecule has 0 amide bonds. The van der Waals surface area contributed by atoms with Gasteiger partial charge in [0.05, 0.1) is 4.90 Å². The van der Waals surface area contributed by atoms with Crippen molar-refractivity contribution in [3.8, 4) is 0 Å². The monoisotopic (exact) mass is 350 g/mol. The first kappa shape index (κ1) is 16.6. The van der Waals surface area contributed by atoms with E-state index in [0.717, 1.165) is 24.9 Å². The van der Waals surface area contributed by atoms with Crippen molar-refractivity contribution in [3.05, 3.63) is 52.2 Å². The number of benzene rings is 1. The lowest BCUT2D eigenvalue weighted by molar-refractivity contribution is 0.288. The molecule has 1 N–H and O–H groups in total. The summed E-state index contributed by atoms with van der Waals surface area (Å²) in [5.74, 6) is 0. The number of piperidine rings is 1. The summed E-state index contributed by atoms with van der Waals surface area (Å²) in [5, 5.41) is 7.75. The van der Waals surface area contributed by atoms with E-state index in [1.807, 2.05) is 19.1 Å². The Balaban J connectivity index is 1.56. The van der Waals surface area contributed by atoms with E-state index in [1.165, 1.54) is 5.56 Å². The van der Waals surface area contributed by atoms with Crippen LogP contribution in [0.3, 0.4) is 0 Å². The van der Waals surface area contributed by atoms with Crippen LogP contribution < -0.4 is 5.32 Å². The molecule has 0 atom stereocenters. The summed E-state index contributed by atoms with van der Waals surface area (Å²) in [5.41, 5.74) is 2.37. The van der Waals surface area contributed by atoms with Gasteiger partial charge in [0, 0.05) is 25.7 Å².